The molecular weight excluding hydrogens is 365 g/mol. The first kappa shape index (κ1) is 20.8. The van der Waals surface area contributed by atoms with Gasteiger partial charge in [0, 0.05) is 33.2 Å². The topological polar surface area (TPSA) is 74.8 Å². The van der Waals surface area contributed by atoms with Crippen LogP contribution in [0.4, 0.5) is 23.7 Å². The van der Waals surface area contributed by atoms with Crippen LogP contribution in [0, 0.1) is 0 Å². The summed E-state index contributed by atoms with van der Waals surface area (Å²) in [7, 11) is 1.32. The van der Waals surface area contributed by atoms with Gasteiger partial charge in [0.25, 0.3) is 5.91 Å². The average molecular weight is 388 g/mol. The van der Waals surface area contributed by atoms with E-state index in [1.54, 1.807) is 20.8 Å². The Morgan fingerprint density at radius 3 is 2.19 bits per heavy atom. The van der Waals surface area contributed by atoms with E-state index in [-0.39, 0.29) is 37.6 Å². The van der Waals surface area contributed by atoms with Crippen LogP contribution in [0.1, 0.15) is 37.0 Å². The predicted molar refractivity (Wildman–Crippen MR) is 92.6 cm³/mol. The minimum Gasteiger partial charge on any atom is -0.444 e. The van der Waals surface area contributed by atoms with Crippen LogP contribution in [0.5, 0.6) is 0 Å². The van der Waals surface area contributed by atoms with Gasteiger partial charge in [0.1, 0.15) is 11.3 Å². The highest BCUT2D eigenvalue weighted by Gasteiger charge is 2.38. The number of nitrogens with zero attached hydrogens (tertiary/aromatic N) is 3. The number of piperazine rings is 1. The third-order valence-electron chi connectivity index (χ3n) is 3.87. The molecule has 1 aromatic heterocycles. The van der Waals surface area contributed by atoms with Crippen molar-refractivity contribution in [1.29, 1.82) is 0 Å². The monoisotopic (exact) mass is 388 g/mol. The number of anilines is 1. The molecule has 0 spiro atoms. The molecule has 1 aromatic rings. The van der Waals surface area contributed by atoms with Crippen LogP contribution >= 0.6 is 0 Å². The zero-order valence-electron chi connectivity index (χ0n) is 15.7. The lowest BCUT2D eigenvalue weighted by molar-refractivity contribution is -0.140. The summed E-state index contributed by atoms with van der Waals surface area (Å²) in [6, 6.07) is 2.49. The van der Waals surface area contributed by atoms with Gasteiger partial charge in [0.15, 0.2) is 5.69 Å². The van der Waals surface area contributed by atoms with Crippen LogP contribution in [-0.4, -0.2) is 60.7 Å². The van der Waals surface area contributed by atoms with E-state index in [9.17, 15) is 22.8 Å². The molecule has 7 nitrogen and oxygen atoms in total. The maximum absolute atomic E-state index is 13.4. The Morgan fingerprint density at radius 2 is 1.70 bits per heavy atom. The smallest absolute Gasteiger partial charge is 0.435 e. The van der Waals surface area contributed by atoms with Gasteiger partial charge in [0.2, 0.25) is 0 Å². The van der Waals surface area contributed by atoms with Gasteiger partial charge >= 0.3 is 12.3 Å². The standard InChI is InChI=1S/C17H23F3N4O3/c1-16(2,3)27-15(26)24-9-7-23(8-10-24)12-6-5-11(14(25)21-4)22-13(12)17(18,19)20/h5-6H,7-10H2,1-4H3,(H,21,25). The van der Waals surface area contributed by atoms with Crippen molar-refractivity contribution in [3.63, 3.8) is 0 Å². The van der Waals surface area contributed by atoms with Crippen molar-refractivity contribution in [2.75, 3.05) is 38.1 Å². The van der Waals surface area contributed by atoms with E-state index >= 15 is 0 Å². The first-order valence-corrected chi connectivity index (χ1v) is 8.45. The molecule has 1 N–H and O–H groups in total. The van der Waals surface area contributed by atoms with E-state index in [1.165, 1.54) is 29.0 Å². The third kappa shape index (κ3) is 5.24. The van der Waals surface area contributed by atoms with Crippen molar-refractivity contribution < 1.29 is 27.5 Å². The molecule has 2 heterocycles. The minimum atomic E-state index is -4.71. The number of carbonyl (C=O) groups excluding carboxylic acids is 2. The number of aromatic nitrogens is 1. The molecule has 0 radical (unpaired) electrons. The first-order chi connectivity index (χ1) is 12.4. The van der Waals surface area contributed by atoms with Crippen LogP contribution in [0.15, 0.2) is 12.1 Å². The van der Waals surface area contributed by atoms with Gasteiger partial charge < -0.3 is 19.9 Å². The Balaban J connectivity index is 2.18. The molecule has 27 heavy (non-hydrogen) atoms. The second-order valence-corrected chi connectivity index (χ2v) is 7.10. The quantitative estimate of drug-likeness (QED) is 0.843. The molecule has 10 heteroatoms. The highest BCUT2D eigenvalue weighted by molar-refractivity contribution is 5.92. The number of amides is 2. The molecule has 2 rings (SSSR count). The number of alkyl halides is 3. The summed E-state index contributed by atoms with van der Waals surface area (Å²) in [6.07, 6.45) is -5.20. The van der Waals surface area contributed by atoms with Crippen molar-refractivity contribution in [2.24, 2.45) is 0 Å². The number of rotatable bonds is 2. The molecule has 150 valence electrons. The molecule has 0 saturated carbocycles. The molecule has 1 fully saturated rings. The molecule has 0 bridgehead atoms. The Hall–Kier alpha value is -2.52. The lowest BCUT2D eigenvalue weighted by Gasteiger charge is -2.37. The summed E-state index contributed by atoms with van der Waals surface area (Å²) in [5.41, 5.74) is -2.17. The second kappa shape index (κ2) is 7.61. The van der Waals surface area contributed by atoms with Crippen molar-refractivity contribution in [2.45, 2.75) is 32.5 Å². The Bertz CT molecular complexity index is 708. The summed E-state index contributed by atoms with van der Waals surface area (Å²) >= 11 is 0. The van der Waals surface area contributed by atoms with Crippen LogP contribution < -0.4 is 10.2 Å². The lowest BCUT2D eigenvalue weighted by Crippen LogP contribution is -2.50. The number of ether oxygens (including phenoxy) is 1. The number of pyridine rings is 1. The molecule has 0 atom stereocenters. The molecule has 1 aliphatic rings. The molecule has 0 unspecified atom stereocenters. The van der Waals surface area contributed by atoms with Crippen LogP contribution in [0.25, 0.3) is 0 Å². The summed E-state index contributed by atoms with van der Waals surface area (Å²) < 4.78 is 45.6. The third-order valence-corrected chi connectivity index (χ3v) is 3.87. The average Bonchev–Trinajstić information content (AvgIpc) is 2.58. The SMILES string of the molecule is CNC(=O)c1ccc(N2CCN(C(=O)OC(C)(C)C)CC2)c(C(F)(F)F)n1. The van der Waals surface area contributed by atoms with Crippen LogP contribution in [0.2, 0.25) is 0 Å². The van der Waals surface area contributed by atoms with Gasteiger partial charge in [-0.3, -0.25) is 4.79 Å². The van der Waals surface area contributed by atoms with E-state index in [1.807, 2.05) is 0 Å². The molecule has 0 aliphatic carbocycles. The fourth-order valence-electron chi connectivity index (χ4n) is 2.63. The molecular formula is C17H23F3N4O3. The number of hydrogen-bond donors (Lipinski definition) is 1. The summed E-state index contributed by atoms with van der Waals surface area (Å²) in [6.45, 7) is 6.09. The maximum atomic E-state index is 13.4. The van der Waals surface area contributed by atoms with E-state index in [4.69, 9.17) is 4.74 Å². The number of halogens is 3. The van der Waals surface area contributed by atoms with Gasteiger partial charge in [-0.05, 0) is 32.9 Å². The Morgan fingerprint density at radius 1 is 1.11 bits per heavy atom. The predicted octanol–water partition coefficient (Wildman–Crippen LogP) is 2.52. The molecule has 0 aromatic carbocycles. The molecule has 1 saturated heterocycles. The summed E-state index contributed by atoms with van der Waals surface area (Å²) in [5.74, 6) is -0.693. The van der Waals surface area contributed by atoms with Gasteiger partial charge in [0.05, 0.1) is 5.69 Å². The summed E-state index contributed by atoms with van der Waals surface area (Å²) in [5, 5.41) is 2.26. The summed E-state index contributed by atoms with van der Waals surface area (Å²) in [4.78, 5) is 30.2. The number of nitrogens with one attached hydrogen (secondary N) is 1. The van der Waals surface area contributed by atoms with E-state index in [0.29, 0.717) is 0 Å². The van der Waals surface area contributed by atoms with E-state index in [2.05, 4.69) is 10.3 Å². The Labute approximate surface area is 155 Å². The number of carbonyl (C=O) groups is 2. The van der Waals surface area contributed by atoms with Crippen molar-refractivity contribution in [3.05, 3.63) is 23.5 Å². The number of hydrogen-bond acceptors (Lipinski definition) is 5. The van der Waals surface area contributed by atoms with Crippen LogP contribution in [0.3, 0.4) is 0 Å². The highest BCUT2D eigenvalue weighted by atomic mass is 19.4. The second-order valence-electron chi connectivity index (χ2n) is 7.10. The lowest BCUT2D eigenvalue weighted by atomic mass is 10.2. The Kier molecular flexibility index (Phi) is 5.86. The fourth-order valence-corrected chi connectivity index (χ4v) is 2.63. The molecule has 2 amide bonds. The maximum Gasteiger partial charge on any atom is 0.435 e. The van der Waals surface area contributed by atoms with E-state index in [0.717, 1.165) is 0 Å². The largest absolute Gasteiger partial charge is 0.444 e. The van der Waals surface area contributed by atoms with Gasteiger partial charge in [-0.25, -0.2) is 9.78 Å². The van der Waals surface area contributed by atoms with Crippen molar-refractivity contribution in [3.8, 4) is 0 Å². The normalized spacial score (nSPS) is 15.5. The van der Waals surface area contributed by atoms with Gasteiger partial charge in [-0.1, -0.05) is 0 Å². The molecule has 1 aliphatic heterocycles. The van der Waals surface area contributed by atoms with E-state index < -0.39 is 29.5 Å². The van der Waals surface area contributed by atoms with Gasteiger partial charge in [-0.2, -0.15) is 13.2 Å². The zero-order chi connectivity index (χ0) is 20.4. The van der Waals surface area contributed by atoms with Gasteiger partial charge in [-0.15, -0.1) is 0 Å². The highest BCUT2D eigenvalue weighted by Crippen LogP contribution is 2.35. The van der Waals surface area contributed by atoms with Crippen molar-refractivity contribution in [1.82, 2.24) is 15.2 Å². The minimum absolute atomic E-state index is 0.112. The first-order valence-electron chi connectivity index (χ1n) is 8.45. The van der Waals surface area contributed by atoms with Crippen molar-refractivity contribution >= 4 is 17.7 Å². The zero-order valence-corrected chi connectivity index (χ0v) is 15.7. The fraction of sp³-hybridized carbons (Fsp3) is 0.588. The van der Waals surface area contributed by atoms with Crippen LogP contribution in [-0.2, 0) is 10.9 Å².